The highest BCUT2D eigenvalue weighted by Gasteiger charge is 2.10. The maximum absolute atomic E-state index is 9.26. The third-order valence-electron chi connectivity index (χ3n) is 1.85. The summed E-state index contributed by atoms with van der Waals surface area (Å²) in [5, 5.41) is 17.8. The van der Waals surface area contributed by atoms with E-state index in [1.807, 2.05) is 0 Å². The Morgan fingerprint density at radius 3 is 2.43 bits per heavy atom. The van der Waals surface area contributed by atoms with E-state index in [-0.39, 0.29) is 0 Å². The second kappa shape index (κ2) is 4.49. The lowest BCUT2D eigenvalue weighted by molar-refractivity contribution is 0.235. The number of nitriles is 1. The summed E-state index contributed by atoms with van der Waals surface area (Å²) in [6.07, 6.45) is -1.13. The van der Waals surface area contributed by atoms with Gasteiger partial charge in [-0.15, -0.1) is 0 Å². The fourth-order valence-electron chi connectivity index (χ4n) is 1.10. The highest BCUT2D eigenvalue weighted by atomic mass is 16.5. The van der Waals surface area contributed by atoms with Crippen molar-refractivity contribution < 1.29 is 14.6 Å². The number of rotatable bonds is 3. The molecular formula is C10H11NO3. The van der Waals surface area contributed by atoms with Crippen LogP contribution in [0, 0.1) is 11.3 Å². The SMILES string of the molecule is COc1ccc([C@H](O)C#N)cc1OC. The van der Waals surface area contributed by atoms with Crippen LogP contribution in [-0.4, -0.2) is 19.3 Å². The van der Waals surface area contributed by atoms with E-state index >= 15 is 0 Å². The van der Waals surface area contributed by atoms with E-state index in [0.29, 0.717) is 17.1 Å². The monoisotopic (exact) mass is 193 g/mol. The lowest BCUT2D eigenvalue weighted by atomic mass is 10.1. The van der Waals surface area contributed by atoms with Crippen molar-refractivity contribution in [2.24, 2.45) is 0 Å². The second-order valence-electron chi connectivity index (χ2n) is 2.65. The standard InChI is InChI=1S/C10H11NO3/c1-13-9-4-3-7(8(12)6-11)5-10(9)14-2/h3-5,8,12H,1-2H3/t8-/m1/s1. The molecule has 0 aliphatic rings. The number of nitrogens with zero attached hydrogens (tertiary/aromatic N) is 1. The quantitative estimate of drug-likeness (QED) is 0.734. The average molecular weight is 193 g/mol. The van der Waals surface area contributed by atoms with Crippen molar-refractivity contribution in [3.8, 4) is 17.6 Å². The summed E-state index contributed by atoms with van der Waals surface area (Å²) in [5.41, 5.74) is 0.491. The summed E-state index contributed by atoms with van der Waals surface area (Å²) in [4.78, 5) is 0. The van der Waals surface area contributed by atoms with Crippen LogP contribution in [0.4, 0.5) is 0 Å². The molecular weight excluding hydrogens is 182 g/mol. The van der Waals surface area contributed by atoms with Crippen LogP contribution in [0.5, 0.6) is 11.5 Å². The van der Waals surface area contributed by atoms with E-state index in [4.69, 9.17) is 14.7 Å². The summed E-state index contributed by atoms with van der Waals surface area (Å²) >= 11 is 0. The van der Waals surface area contributed by atoms with Gasteiger partial charge in [-0.2, -0.15) is 5.26 Å². The van der Waals surface area contributed by atoms with Crippen LogP contribution in [0.1, 0.15) is 11.7 Å². The zero-order valence-electron chi connectivity index (χ0n) is 8.02. The smallest absolute Gasteiger partial charge is 0.166 e. The zero-order chi connectivity index (χ0) is 10.6. The number of aliphatic hydroxyl groups excluding tert-OH is 1. The molecule has 0 aliphatic heterocycles. The number of methoxy groups -OCH3 is 2. The van der Waals surface area contributed by atoms with Crippen molar-refractivity contribution in [3.63, 3.8) is 0 Å². The predicted octanol–water partition coefficient (Wildman–Crippen LogP) is 1.26. The number of aliphatic hydroxyl groups is 1. The van der Waals surface area contributed by atoms with Gasteiger partial charge in [0.2, 0.25) is 0 Å². The van der Waals surface area contributed by atoms with Gasteiger partial charge in [0.1, 0.15) is 0 Å². The molecule has 1 N–H and O–H groups in total. The molecule has 74 valence electrons. The summed E-state index contributed by atoms with van der Waals surface area (Å²) in [7, 11) is 3.03. The molecule has 0 aliphatic carbocycles. The Morgan fingerprint density at radius 1 is 1.29 bits per heavy atom. The Morgan fingerprint density at radius 2 is 1.93 bits per heavy atom. The molecule has 0 radical (unpaired) electrons. The minimum absolute atomic E-state index is 0.491. The van der Waals surface area contributed by atoms with Gasteiger partial charge in [0, 0.05) is 0 Å². The molecule has 1 aromatic carbocycles. The first-order chi connectivity index (χ1) is 6.72. The first-order valence-electron chi connectivity index (χ1n) is 4.02. The van der Waals surface area contributed by atoms with Crippen molar-refractivity contribution in [1.82, 2.24) is 0 Å². The van der Waals surface area contributed by atoms with E-state index in [2.05, 4.69) is 0 Å². The Hall–Kier alpha value is -1.73. The summed E-state index contributed by atoms with van der Waals surface area (Å²) < 4.78 is 10.0. The number of hydrogen-bond donors (Lipinski definition) is 1. The number of hydrogen-bond acceptors (Lipinski definition) is 4. The fourth-order valence-corrected chi connectivity index (χ4v) is 1.10. The number of benzene rings is 1. The van der Waals surface area contributed by atoms with Gasteiger partial charge in [0.15, 0.2) is 17.6 Å². The van der Waals surface area contributed by atoms with Gasteiger partial charge in [-0.25, -0.2) is 0 Å². The molecule has 1 rings (SSSR count). The lowest BCUT2D eigenvalue weighted by Crippen LogP contribution is -1.96. The van der Waals surface area contributed by atoms with Crippen LogP contribution in [0.2, 0.25) is 0 Å². The van der Waals surface area contributed by atoms with Crippen LogP contribution in [0.25, 0.3) is 0 Å². The molecule has 0 saturated heterocycles. The topological polar surface area (TPSA) is 62.5 Å². The van der Waals surface area contributed by atoms with E-state index in [9.17, 15) is 5.11 Å². The highest BCUT2D eigenvalue weighted by molar-refractivity contribution is 5.44. The molecule has 0 aromatic heterocycles. The minimum atomic E-state index is -1.13. The third kappa shape index (κ3) is 1.95. The van der Waals surface area contributed by atoms with Crippen molar-refractivity contribution >= 4 is 0 Å². The molecule has 0 saturated carbocycles. The molecule has 14 heavy (non-hydrogen) atoms. The summed E-state index contributed by atoms with van der Waals surface area (Å²) in [5.74, 6) is 1.07. The molecule has 4 heteroatoms. The summed E-state index contributed by atoms with van der Waals surface area (Å²) in [6, 6.07) is 6.57. The molecule has 0 bridgehead atoms. The average Bonchev–Trinajstić information content (AvgIpc) is 2.26. The third-order valence-corrected chi connectivity index (χ3v) is 1.85. The molecule has 1 aromatic rings. The first kappa shape index (κ1) is 10.4. The molecule has 0 amide bonds. The van der Waals surface area contributed by atoms with Crippen LogP contribution >= 0.6 is 0 Å². The maximum Gasteiger partial charge on any atom is 0.166 e. The van der Waals surface area contributed by atoms with Gasteiger partial charge in [0.05, 0.1) is 20.3 Å². The zero-order valence-corrected chi connectivity index (χ0v) is 8.02. The Kier molecular flexibility index (Phi) is 3.32. The van der Waals surface area contributed by atoms with Gasteiger partial charge in [-0.3, -0.25) is 0 Å². The summed E-state index contributed by atoms with van der Waals surface area (Å²) in [6.45, 7) is 0. The predicted molar refractivity (Wildman–Crippen MR) is 50.1 cm³/mol. The first-order valence-corrected chi connectivity index (χ1v) is 4.02. The molecule has 0 fully saturated rings. The van der Waals surface area contributed by atoms with Gasteiger partial charge in [0.25, 0.3) is 0 Å². The fraction of sp³-hybridized carbons (Fsp3) is 0.300. The van der Waals surface area contributed by atoms with Crippen molar-refractivity contribution in [2.45, 2.75) is 6.10 Å². The molecule has 1 atom stereocenters. The van der Waals surface area contributed by atoms with Crippen LogP contribution < -0.4 is 9.47 Å². The molecule has 4 nitrogen and oxygen atoms in total. The van der Waals surface area contributed by atoms with Crippen molar-refractivity contribution in [3.05, 3.63) is 23.8 Å². The Balaban J connectivity index is 3.08. The largest absolute Gasteiger partial charge is 0.493 e. The second-order valence-corrected chi connectivity index (χ2v) is 2.65. The Bertz CT molecular complexity index is 357. The van der Waals surface area contributed by atoms with E-state index in [0.717, 1.165) is 0 Å². The van der Waals surface area contributed by atoms with Crippen molar-refractivity contribution in [2.75, 3.05) is 14.2 Å². The maximum atomic E-state index is 9.26. The van der Waals surface area contributed by atoms with Gasteiger partial charge >= 0.3 is 0 Å². The van der Waals surface area contributed by atoms with Crippen LogP contribution in [0.15, 0.2) is 18.2 Å². The molecule has 0 unspecified atom stereocenters. The van der Waals surface area contributed by atoms with E-state index in [1.165, 1.54) is 14.2 Å². The lowest BCUT2D eigenvalue weighted by Gasteiger charge is -2.09. The van der Waals surface area contributed by atoms with Gasteiger partial charge < -0.3 is 14.6 Å². The van der Waals surface area contributed by atoms with E-state index < -0.39 is 6.10 Å². The van der Waals surface area contributed by atoms with E-state index in [1.54, 1.807) is 24.3 Å². The Labute approximate surface area is 82.3 Å². The molecule has 0 heterocycles. The normalized spacial score (nSPS) is 11.6. The van der Waals surface area contributed by atoms with Crippen LogP contribution in [-0.2, 0) is 0 Å². The van der Waals surface area contributed by atoms with Crippen molar-refractivity contribution in [1.29, 1.82) is 5.26 Å². The van der Waals surface area contributed by atoms with Crippen LogP contribution in [0.3, 0.4) is 0 Å². The van der Waals surface area contributed by atoms with Gasteiger partial charge in [-0.1, -0.05) is 6.07 Å². The minimum Gasteiger partial charge on any atom is -0.493 e. The highest BCUT2D eigenvalue weighted by Crippen LogP contribution is 2.29. The molecule has 0 spiro atoms. The van der Waals surface area contributed by atoms with Gasteiger partial charge in [-0.05, 0) is 17.7 Å². The number of ether oxygens (including phenoxy) is 2.